The highest BCUT2D eigenvalue weighted by molar-refractivity contribution is 14.1. The van der Waals surface area contributed by atoms with E-state index in [4.69, 9.17) is 47.1 Å². The third-order valence-corrected chi connectivity index (χ3v) is 10.3. The van der Waals surface area contributed by atoms with Gasteiger partial charge in [-0.1, -0.05) is 40.6 Å². The molecule has 9 nitrogen and oxygen atoms in total. The summed E-state index contributed by atoms with van der Waals surface area (Å²) in [7, 11) is 4.69. The fourth-order valence-corrected chi connectivity index (χ4v) is 7.82. The highest BCUT2D eigenvalue weighted by Gasteiger charge is 2.36. The number of methoxy groups -OCH3 is 3. The first-order valence-corrected chi connectivity index (χ1v) is 17.7. The zero-order valence-corrected chi connectivity index (χ0v) is 31.7. The Balaban J connectivity index is 1.63. The molecule has 0 fully saturated rings. The second kappa shape index (κ2) is 15.4. The molecule has 0 unspecified atom stereocenters. The maximum Gasteiger partial charge on any atom is 0.271 e. The predicted octanol–water partition coefficient (Wildman–Crippen LogP) is 6.62. The van der Waals surface area contributed by atoms with E-state index in [0.29, 0.717) is 72.3 Å². The van der Waals surface area contributed by atoms with Gasteiger partial charge in [0.05, 0.1) is 40.7 Å². The van der Waals surface area contributed by atoms with Gasteiger partial charge in [0, 0.05) is 34.3 Å². The number of aromatic nitrogens is 1. The van der Waals surface area contributed by atoms with E-state index < -0.39 is 6.04 Å². The Hall–Kier alpha value is -3.52. The van der Waals surface area contributed by atoms with Crippen LogP contribution < -0.4 is 33.8 Å². The summed E-state index contributed by atoms with van der Waals surface area (Å²) >= 11 is 15.8. The summed E-state index contributed by atoms with van der Waals surface area (Å²) in [5.74, 6) is 1.93. The average Bonchev–Trinajstić information content (AvgIpc) is 3.37. The molecule has 1 aliphatic rings. The number of fused-ring (bicyclic) bond motifs is 1. The van der Waals surface area contributed by atoms with Crippen LogP contribution in [0.2, 0.25) is 10.0 Å². The summed E-state index contributed by atoms with van der Waals surface area (Å²) in [5.41, 5.74) is 2.77. The molecule has 252 valence electrons. The predicted molar refractivity (Wildman–Crippen MR) is 198 cm³/mol. The fourth-order valence-electron chi connectivity index (χ4n) is 5.53. The number of amides is 1. The normalized spacial score (nSPS) is 14.4. The van der Waals surface area contributed by atoms with Crippen molar-refractivity contribution in [2.24, 2.45) is 4.99 Å². The summed E-state index contributed by atoms with van der Waals surface area (Å²) in [6.45, 7) is 6.87. The first kappa shape index (κ1) is 35.8. The van der Waals surface area contributed by atoms with Crippen LogP contribution >= 0.6 is 57.1 Å². The first-order chi connectivity index (χ1) is 23.0. The molecule has 2 heterocycles. The van der Waals surface area contributed by atoms with E-state index in [-0.39, 0.29) is 18.1 Å². The van der Waals surface area contributed by atoms with Gasteiger partial charge in [0.2, 0.25) is 0 Å². The SMILES string of the molecule is CCN(CC)C(=O)C1=C(C)N=c2s/c(=C/c3cc(I)c(OCc4ccc(Cl)cc4Cl)c(OC)c3)c(=O)n2[C@@H]1c1cc(OC)ccc1OC. The Labute approximate surface area is 306 Å². The lowest BCUT2D eigenvalue weighted by Crippen LogP contribution is -2.43. The Morgan fingerprint density at radius 3 is 2.40 bits per heavy atom. The highest BCUT2D eigenvalue weighted by Crippen LogP contribution is 2.39. The molecule has 0 aliphatic carbocycles. The standard InChI is InChI=1S/C35H34Cl2IN3O6S/c1-7-40(8-2)34(43)30-19(3)39-35-41(31(30)24-17-23(44-4)11-12-27(24)45-5)33(42)29(48-35)15-20-13-26(38)32(28(14-20)46-6)47-18-21-9-10-22(36)16-25(21)37/h9-17,31H,7-8,18H2,1-6H3/b29-15+/t31-/m1/s1. The fraction of sp³-hybridized carbons (Fsp3) is 0.286. The van der Waals surface area contributed by atoms with E-state index in [1.54, 1.807) is 74.1 Å². The maximum atomic E-state index is 14.3. The smallest absolute Gasteiger partial charge is 0.271 e. The van der Waals surface area contributed by atoms with Crippen molar-refractivity contribution >= 4 is 69.1 Å². The van der Waals surface area contributed by atoms with Gasteiger partial charge in [0.25, 0.3) is 11.5 Å². The molecule has 0 N–H and O–H groups in total. The molecule has 0 saturated carbocycles. The number of carbonyl (C=O) groups is 1. The number of ether oxygens (including phenoxy) is 4. The monoisotopic (exact) mass is 821 g/mol. The van der Waals surface area contributed by atoms with Crippen LogP contribution in [0, 0.1) is 3.57 Å². The Bertz CT molecular complexity index is 2090. The Morgan fingerprint density at radius 2 is 1.75 bits per heavy atom. The number of halogens is 3. The van der Waals surface area contributed by atoms with Gasteiger partial charge in [-0.15, -0.1) is 0 Å². The number of likely N-dealkylation sites (N-methyl/N-ethyl adjacent to an activating group) is 1. The van der Waals surface area contributed by atoms with Gasteiger partial charge >= 0.3 is 0 Å². The van der Waals surface area contributed by atoms with Gasteiger partial charge in [0.15, 0.2) is 16.3 Å². The average molecular weight is 823 g/mol. The van der Waals surface area contributed by atoms with Gasteiger partial charge < -0.3 is 23.8 Å². The third-order valence-electron chi connectivity index (χ3n) is 7.97. The number of benzene rings is 3. The minimum atomic E-state index is -0.799. The molecule has 4 aromatic rings. The third kappa shape index (κ3) is 7.10. The van der Waals surface area contributed by atoms with Crippen LogP contribution in [0.1, 0.15) is 43.5 Å². The van der Waals surface area contributed by atoms with Crippen molar-refractivity contribution in [3.8, 4) is 23.0 Å². The van der Waals surface area contributed by atoms with Crippen molar-refractivity contribution in [3.63, 3.8) is 0 Å². The quantitative estimate of drug-likeness (QED) is 0.158. The number of thiazole rings is 1. The first-order valence-electron chi connectivity index (χ1n) is 15.0. The van der Waals surface area contributed by atoms with Crippen LogP contribution in [-0.4, -0.2) is 49.8 Å². The second-order valence-electron chi connectivity index (χ2n) is 10.7. The van der Waals surface area contributed by atoms with E-state index in [1.807, 2.05) is 32.0 Å². The van der Waals surface area contributed by atoms with Gasteiger partial charge in [0.1, 0.15) is 24.1 Å². The topological polar surface area (TPSA) is 91.6 Å². The highest BCUT2D eigenvalue weighted by atomic mass is 127. The number of hydrogen-bond acceptors (Lipinski definition) is 8. The van der Waals surface area contributed by atoms with Crippen LogP contribution in [0.25, 0.3) is 6.08 Å². The summed E-state index contributed by atoms with van der Waals surface area (Å²) in [5, 5.41) is 1.05. The largest absolute Gasteiger partial charge is 0.497 e. The molecule has 1 aliphatic heterocycles. The second-order valence-corrected chi connectivity index (χ2v) is 13.7. The molecule has 13 heteroatoms. The minimum absolute atomic E-state index is 0.194. The molecular weight excluding hydrogens is 788 g/mol. The number of nitrogens with zero attached hydrogens (tertiary/aromatic N) is 3. The Kier molecular flexibility index (Phi) is 11.4. The molecule has 0 saturated heterocycles. The summed E-state index contributed by atoms with van der Waals surface area (Å²) in [6.07, 6.45) is 1.79. The lowest BCUT2D eigenvalue weighted by Gasteiger charge is -2.30. The molecule has 0 radical (unpaired) electrons. The van der Waals surface area contributed by atoms with Gasteiger partial charge in [-0.25, -0.2) is 4.99 Å². The molecule has 1 aromatic heterocycles. The molecule has 48 heavy (non-hydrogen) atoms. The zero-order valence-electron chi connectivity index (χ0n) is 27.2. The van der Waals surface area contributed by atoms with Crippen molar-refractivity contribution in [3.05, 3.63) is 110 Å². The van der Waals surface area contributed by atoms with E-state index >= 15 is 0 Å². The van der Waals surface area contributed by atoms with E-state index in [0.717, 1.165) is 14.7 Å². The van der Waals surface area contributed by atoms with E-state index in [1.165, 1.54) is 11.3 Å². The number of carbonyl (C=O) groups excluding carboxylic acids is 1. The van der Waals surface area contributed by atoms with Crippen LogP contribution in [0.15, 0.2) is 69.6 Å². The van der Waals surface area contributed by atoms with Crippen molar-refractivity contribution in [2.45, 2.75) is 33.4 Å². The maximum absolute atomic E-state index is 14.3. The van der Waals surface area contributed by atoms with Crippen LogP contribution in [0.4, 0.5) is 0 Å². The lowest BCUT2D eigenvalue weighted by atomic mass is 9.93. The van der Waals surface area contributed by atoms with Crippen molar-refractivity contribution in [2.75, 3.05) is 34.4 Å². The molecule has 1 atom stereocenters. The molecular formula is C35H34Cl2IN3O6S. The van der Waals surface area contributed by atoms with Crippen LogP contribution in [-0.2, 0) is 11.4 Å². The van der Waals surface area contributed by atoms with E-state index in [2.05, 4.69) is 22.6 Å². The molecule has 0 spiro atoms. The summed E-state index contributed by atoms with van der Waals surface area (Å²) < 4.78 is 25.9. The molecule has 3 aromatic carbocycles. The molecule has 5 rings (SSSR count). The summed E-state index contributed by atoms with van der Waals surface area (Å²) in [4.78, 5) is 35.3. The van der Waals surface area contributed by atoms with Gasteiger partial charge in [-0.3, -0.25) is 14.2 Å². The zero-order chi connectivity index (χ0) is 34.7. The number of allylic oxidation sites excluding steroid dienone is 1. The summed E-state index contributed by atoms with van der Waals surface area (Å²) in [6, 6.07) is 13.5. The van der Waals surface area contributed by atoms with E-state index in [9.17, 15) is 9.59 Å². The van der Waals surface area contributed by atoms with Crippen molar-refractivity contribution in [1.29, 1.82) is 0 Å². The molecule has 0 bridgehead atoms. The van der Waals surface area contributed by atoms with Gasteiger partial charge in [-0.05, 0) is 97.5 Å². The van der Waals surface area contributed by atoms with Crippen molar-refractivity contribution in [1.82, 2.24) is 9.47 Å². The molecule has 1 amide bonds. The van der Waals surface area contributed by atoms with Crippen molar-refractivity contribution < 1.29 is 23.7 Å². The minimum Gasteiger partial charge on any atom is -0.497 e. The number of rotatable bonds is 11. The number of hydrogen-bond donors (Lipinski definition) is 0. The lowest BCUT2D eigenvalue weighted by molar-refractivity contribution is -0.127. The van der Waals surface area contributed by atoms with Crippen LogP contribution in [0.5, 0.6) is 23.0 Å². The Morgan fingerprint density at radius 1 is 1.02 bits per heavy atom. The van der Waals surface area contributed by atoms with Crippen LogP contribution in [0.3, 0.4) is 0 Å². The van der Waals surface area contributed by atoms with Gasteiger partial charge in [-0.2, -0.15) is 0 Å².